The Morgan fingerprint density at radius 3 is 2.94 bits per heavy atom. The first kappa shape index (κ1) is 13.0. The molecule has 0 heterocycles. The summed E-state index contributed by atoms with van der Waals surface area (Å²) in [6.07, 6.45) is 6.55. The fourth-order valence-electron chi connectivity index (χ4n) is 1.62. The van der Waals surface area contributed by atoms with Gasteiger partial charge in [0, 0.05) is 23.0 Å². The van der Waals surface area contributed by atoms with Crippen molar-refractivity contribution in [1.29, 1.82) is 0 Å². The maximum Gasteiger partial charge on any atom is 0.128 e. The maximum atomic E-state index is 13.6. The summed E-state index contributed by atoms with van der Waals surface area (Å²) in [4.78, 5) is 0. The molecule has 0 aliphatic heterocycles. The summed E-state index contributed by atoms with van der Waals surface area (Å²) in [5, 5.41) is 3.75. The highest BCUT2D eigenvalue weighted by molar-refractivity contribution is 6.30. The molecule has 0 saturated heterocycles. The van der Waals surface area contributed by atoms with Crippen molar-refractivity contribution in [3.63, 3.8) is 0 Å². The van der Waals surface area contributed by atoms with Gasteiger partial charge in [-0.1, -0.05) is 18.5 Å². The number of hydrogen-bond acceptors (Lipinski definition) is 1. The minimum Gasteiger partial charge on any atom is -0.310 e. The highest BCUT2D eigenvalue weighted by Crippen LogP contribution is 2.24. The molecule has 1 rings (SSSR count). The lowest BCUT2D eigenvalue weighted by Crippen LogP contribution is -2.21. The van der Waals surface area contributed by atoms with Gasteiger partial charge in [-0.25, -0.2) is 4.39 Å². The molecule has 0 aliphatic carbocycles. The van der Waals surface area contributed by atoms with Crippen molar-refractivity contribution in [3.8, 4) is 12.3 Å². The Labute approximate surface area is 101 Å². The van der Waals surface area contributed by atoms with E-state index in [0.29, 0.717) is 23.4 Å². The van der Waals surface area contributed by atoms with Crippen LogP contribution in [0.1, 0.15) is 31.4 Å². The van der Waals surface area contributed by atoms with Crippen molar-refractivity contribution >= 4 is 11.6 Å². The summed E-state index contributed by atoms with van der Waals surface area (Å²) < 4.78 is 13.6. The Morgan fingerprint density at radius 2 is 2.31 bits per heavy atom. The predicted octanol–water partition coefficient (Wildman–Crippen LogP) is 3.54. The van der Waals surface area contributed by atoms with Gasteiger partial charge in [-0.05, 0) is 31.2 Å². The second kappa shape index (κ2) is 6.52. The van der Waals surface area contributed by atoms with Crippen LogP contribution in [-0.2, 0) is 0 Å². The monoisotopic (exact) mass is 239 g/mol. The molecule has 1 aromatic rings. The van der Waals surface area contributed by atoms with Gasteiger partial charge >= 0.3 is 0 Å². The van der Waals surface area contributed by atoms with Crippen LogP contribution in [0.5, 0.6) is 0 Å². The van der Waals surface area contributed by atoms with Gasteiger partial charge in [-0.15, -0.1) is 12.3 Å². The Morgan fingerprint density at radius 1 is 1.56 bits per heavy atom. The molecule has 3 heteroatoms. The van der Waals surface area contributed by atoms with Crippen LogP contribution >= 0.6 is 11.6 Å². The van der Waals surface area contributed by atoms with Crippen LogP contribution < -0.4 is 5.32 Å². The summed E-state index contributed by atoms with van der Waals surface area (Å²) in [6.45, 7) is 2.74. The number of hydrogen-bond donors (Lipinski definition) is 1. The van der Waals surface area contributed by atoms with Crippen molar-refractivity contribution in [1.82, 2.24) is 5.32 Å². The average Bonchev–Trinajstić information content (AvgIpc) is 2.28. The van der Waals surface area contributed by atoms with Crippen molar-refractivity contribution in [3.05, 3.63) is 34.6 Å². The average molecular weight is 240 g/mol. The van der Waals surface area contributed by atoms with E-state index in [1.54, 1.807) is 12.1 Å². The van der Waals surface area contributed by atoms with Gasteiger partial charge < -0.3 is 5.32 Å². The molecule has 0 saturated carbocycles. The van der Waals surface area contributed by atoms with Crippen LogP contribution in [0.25, 0.3) is 0 Å². The maximum absolute atomic E-state index is 13.6. The second-order valence-corrected chi connectivity index (χ2v) is 3.96. The van der Waals surface area contributed by atoms with E-state index in [2.05, 4.69) is 11.2 Å². The first-order valence-corrected chi connectivity index (χ1v) is 5.68. The van der Waals surface area contributed by atoms with Gasteiger partial charge in [-0.2, -0.15) is 0 Å². The minimum atomic E-state index is -0.243. The van der Waals surface area contributed by atoms with Crippen LogP contribution in [0, 0.1) is 18.2 Å². The van der Waals surface area contributed by atoms with Gasteiger partial charge in [0.2, 0.25) is 0 Å². The Kier molecular flexibility index (Phi) is 5.31. The number of rotatable bonds is 5. The molecule has 0 aromatic heterocycles. The zero-order valence-corrected chi connectivity index (χ0v) is 10.0. The number of halogens is 2. The molecular weight excluding hydrogens is 225 g/mol. The van der Waals surface area contributed by atoms with E-state index in [9.17, 15) is 4.39 Å². The summed E-state index contributed by atoms with van der Waals surface area (Å²) in [5.41, 5.74) is 0.588. The fourth-order valence-corrected chi connectivity index (χ4v) is 1.80. The van der Waals surface area contributed by atoms with E-state index in [0.717, 1.165) is 6.54 Å². The molecule has 16 heavy (non-hydrogen) atoms. The topological polar surface area (TPSA) is 12.0 Å². The molecule has 0 radical (unpaired) electrons. The second-order valence-electron chi connectivity index (χ2n) is 3.52. The third-order valence-electron chi connectivity index (χ3n) is 2.36. The van der Waals surface area contributed by atoms with Crippen LogP contribution in [0.2, 0.25) is 5.02 Å². The predicted molar refractivity (Wildman–Crippen MR) is 65.9 cm³/mol. The molecule has 86 valence electrons. The lowest BCUT2D eigenvalue weighted by molar-refractivity contribution is 0.490. The summed E-state index contributed by atoms with van der Waals surface area (Å²) in [6, 6.07) is 4.52. The molecule has 0 spiro atoms. The lowest BCUT2D eigenvalue weighted by Gasteiger charge is -2.18. The quantitative estimate of drug-likeness (QED) is 0.775. The van der Waals surface area contributed by atoms with E-state index in [1.807, 2.05) is 6.92 Å². The van der Waals surface area contributed by atoms with Crippen LogP contribution in [0.15, 0.2) is 18.2 Å². The SMILES string of the molecule is C#CCCC(NCC)c1cc(Cl)ccc1F. The van der Waals surface area contributed by atoms with Gasteiger partial charge in [0.05, 0.1) is 0 Å². The highest BCUT2D eigenvalue weighted by Gasteiger charge is 2.14. The van der Waals surface area contributed by atoms with Crippen molar-refractivity contribution < 1.29 is 4.39 Å². The number of benzene rings is 1. The molecule has 0 fully saturated rings. The molecule has 1 N–H and O–H groups in total. The lowest BCUT2D eigenvalue weighted by atomic mass is 10.0. The molecule has 1 unspecified atom stereocenters. The molecule has 0 amide bonds. The van der Waals surface area contributed by atoms with Gasteiger partial charge in [0.15, 0.2) is 0 Å². The van der Waals surface area contributed by atoms with Gasteiger partial charge in [0.1, 0.15) is 5.82 Å². The Hall–Kier alpha value is -1.04. The fraction of sp³-hybridized carbons (Fsp3) is 0.385. The van der Waals surface area contributed by atoms with E-state index in [1.165, 1.54) is 6.07 Å². The molecule has 1 nitrogen and oxygen atoms in total. The number of terminal acetylenes is 1. The molecule has 0 bridgehead atoms. The van der Waals surface area contributed by atoms with Gasteiger partial charge in [-0.3, -0.25) is 0 Å². The summed E-state index contributed by atoms with van der Waals surface area (Å²) in [5.74, 6) is 2.32. The zero-order chi connectivity index (χ0) is 12.0. The van der Waals surface area contributed by atoms with Crippen molar-refractivity contribution in [2.75, 3.05) is 6.54 Å². The first-order chi connectivity index (χ1) is 7.69. The Bertz CT molecular complexity index is 384. The van der Waals surface area contributed by atoms with Crippen molar-refractivity contribution in [2.24, 2.45) is 0 Å². The smallest absolute Gasteiger partial charge is 0.128 e. The van der Waals surface area contributed by atoms with E-state index >= 15 is 0 Å². The first-order valence-electron chi connectivity index (χ1n) is 5.30. The van der Waals surface area contributed by atoms with E-state index in [4.69, 9.17) is 18.0 Å². The minimum absolute atomic E-state index is 0.0697. The van der Waals surface area contributed by atoms with Crippen molar-refractivity contribution in [2.45, 2.75) is 25.8 Å². The standard InChI is InChI=1S/C13H15ClFN/c1-3-5-6-13(16-4-2)11-9-10(14)7-8-12(11)15/h1,7-9,13,16H,4-6H2,2H3. The van der Waals surface area contributed by atoms with Crippen LogP contribution in [0.4, 0.5) is 4.39 Å². The van der Waals surface area contributed by atoms with E-state index in [-0.39, 0.29) is 11.9 Å². The molecule has 1 atom stereocenters. The van der Waals surface area contributed by atoms with Gasteiger partial charge in [0.25, 0.3) is 0 Å². The molecular formula is C13H15ClFN. The molecule has 0 aliphatic rings. The third-order valence-corrected chi connectivity index (χ3v) is 2.60. The number of nitrogens with one attached hydrogen (secondary N) is 1. The summed E-state index contributed by atoms with van der Waals surface area (Å²) in [7, 11) is 0. The third kappa shape index (κ3) is 3.52. The summed E-state index contributed by atoms with van der Waals surface area (Å²) >= 11 is 5.86. The largest absolute Gasteiger partial charge is 0.310 e. The highest BCUT2D eigenvalue weighted by atomic mass is 35.5. The zero-order valence-electron chi connectivity index (χ0n) is 9.26. The molecule has 1 aromatic carbocycles. The van der Waals surface area contributed by atoms with Crippen LogP contribution in [0.3, 0.4) is 0 Å². The Balaban J connectivity index is 2.91. The van der Waals surface area contributed by atoms with Crippen LogP contribution in [-0.4, -0.2) is 6.54 Å². The normalized spacial score (nSPS) is 12.1. The van der Waals surface area contributed by atoms with E-state index < -0.39 is 0 Å².